The van der Waals surface area contributed by atoms with Crippen molar-refractivity contribution < 1.29 is 9.84 Å². The van der Waals surface area contributed by atoms with Crippen LogP contribution in [-0.2, 0) is 6.54 Å². The summed E-state index contributed by atoms with van der Waals surface area (Å²) < 4.78 is 5.56. The van der Waals surface area contributed by atoms with Gasteiger partial charge in [-0.2, -0.15) is 0 Å². The van der Waals surface area contributed by atoms with E-state index in [2.05, 4.69) is 29.3 Å². The second kappa shape index (κ2) is 9.03. The SMILES string of the molecule is CCCOc1ccc(CNCC(O)CN2CCCC2)cc1. The van der Waals surface area contributed by atoms with Gasteiger partial charge < -0.3 is 20.1 Å². The van der Waals surface area contributed by atoms with Crippen LogP contribution in [0.4, 0.5) is 0 Å². The summed E-state index contributed by atoms with van der Waals surface area (Å²) in [6.07, 6.45) is 3.28. The van der Waals surface area contributed by atoms with E-state index < -0.39 is 0 Å². The molecule has 1 aromatic rings. The fourth-order valence-corrected chi connectivity index (χ4v) is 2.63. The molecule has 21 heavy (non-hydrogen) atoms. The Labute approximate surface area is 128 Å². The van der Waals surface area contributed by atoms with Gasteiger partial charge in [-0.25, -0.2) is 0 Å². The third-order valence-electron chi connectivity index (χ3n) is 3.77. The molecule has 0 bridgehead atoms. The fourth-order valence-electron chi connectivity index (χ4n) is 2.63. The molecule has 4 heteroatoms. The lowest BCUT2D eigenvalue weighted by atomic mass is 10.2. The quantitative estimate of drug-likeness (QED) is 0.731. The molecule has 0 spiro atoms. The van der Waals surface area contributed by atoms with Crippen LogP contribution in [0.5, 0.6) is 5.75 Å². The lowest BCUT2D eigenvalue weighted by molar-refractivity contribution is 0.123. The number of nitrogens with zero attached hydrogens (tertiary/aromatic N) is 1. The minimum Gasteiger partial charge on any atom is -0.494 e. The molecule has 1 unspecified atom stereocenters. The minimum atomic E-state index is -0.282. The topological polar surface area (TPSA) is 44.7 Å². The van der Waals surface area contributed by atoms with Gasteiger partial charge in [0.2, 0.25) is 0 Å². The number of aliphatic hydroxyl groups excluding tert-OH is 1. The van der Waals surface area contributed by atoms with Crippen LogP contribution in [0.1, 0.15) is 31.7 Å². The first kappa shape index (κ1) is 16.3. The zero-order chi connectivity index (χ0) is 14.9. The molecule has 1 fully saturated rings. The second-order valence-corrected chi connectivity index (χ2v) is 5.78. The first-order valence-corrected chi connectivity index (χ1v) is 8.11. The second-order valence-electron chi connectivity index (χ2n) is 5.78. The van der Waals surface area contributed by atoms with Crippen molar-refractivity contribution in [2.45, 2.75) is 38.8 Å². The molecule has 118 valence electrons. The zero-order valence-electron chi connectivity index (χ0n) is 13.1. The Morgan fingerprint density at radius 3 is 2.62 bits per heavy atom. The van der Waals surface area contributed by atoms with Gasteiger partial charge in [-0.1, -0.05) is 19.1 Å². The molecule has 1 aliphatic rings. The van der Waals surface area contributed by atoms with Gasteiger partial charge in [-0.3, -0.25) is 0 Å². The van der Waals surface area contributed by atoms with Crippen LogP contribution < -0.4 is 10.1 Å². The predicted octanol–water partition coefficient (Wildman–Crippen LogP) is 2.02. The third-order valence-corrected chi connectivity index (χ3v) is 3.77. The molecule has 0 saturated carbocycles. The first-order chi connectivity index (χ1) is 10.3. The van der Waals surface area contributed by atoms with Gasteiger partial charge in [0.05, 0.1) is 12.7 Å². The van der Waals surface area contributed by atoms with E-state index in [9.17, 15) is 5.11 Å². The van der Waals surface area contributed by atoms with Gasteiger partial charge in [-0.05, 0) is 50.0 Å². The highest BCUT2D eigenvalue weighted by atomic mass is 16.5. The summed E-state index contributed by atoms with van der Waals surface area (Å²) in [7, 11) is 0. The Morgan fingerprint density at radius 2 is 1.95 bits per heavy atom. The maximum absolute atomic E-state index is 10.0. The Morgan fingerprint density at radius 1 is 1.24 bits per heavy atom. The predicted molar refractivity (Wildman–Crippen MR) is 85.6 cm³/mol. The number of benzene rings is 1. The molecule has 1 saturated heterocycles. The van der Waals surface area contributed by atoms with Gasteiger partial charge in [0.25, 0.3) is 0 Å². The van der Waals surface area contributed by atoms with Crippen molar-refractivity contribution in [3.05, 3.63) is 29.8 Å². The first-order valence-electron chi connectivity index (χ1n) is 8.11. The Balaban J connectivity index is 1.63. The highest BCUT2D eigenvalue weighted by Gasteiger charge is 2.15. The molecular formula is C17H28N2O2. The van der Waals surface area contributed by atoms with Crippen LogP contribution in [0.2, 0.25) is 0 Å². The normalized spacial score (nSPS) is 17.0. The number of ether oxygens (including phenoxy) is 1. The van der Waals surface area contributed by atoms with Gasteiger partial charge in [-0.15, -0.1) is 0 Å². The van der Waals surface area contributed by atoms with Crippen LogP contribution in [0.15, 0.2) is 24.3 Å². The van der Waals surface area contributed by atoms with Crippen molar-refractivity contribution in [2.75, 3.05) is 32.8 Å². The van der Waals surface area contributed by atoms with E-state index in [0.717, 1.165) is 45.0 Å². The number of aliphatic hydroxyl groups is 1. The molecule has 0 radical (unpaired) electrons. The van der Waals surface area contributed by atoms with Gasteiger partial charge >= 0.3 is 0 Å². The molecule has 2 rings (SSSR count). The van der Waals surface area contributed by atoms with E-state index in [1.807, 2.05) is 12.1 Å². The van der Waals surface area contributed by atoms with E-state index in [1.54, 1.807) is 0 Å². The van der Waals surface area contributed by atoms with Crippen molar-refractivity contribution in [1.82, 2.24) is 10.2 Å². The summed E-state index contributed by atoms with van der Waals surface area (Å²) in [6, 6.07) is 8.16. The van der Waals surface area contributed by atoms with Crippen molar-refractivity contribution in [3.8, 4) is 5.75 Å². The number of rotatable bonds is 9. The highest BCUT2D eigenvalue weighted by molar-refractivity contribution is 5.27. The summed E-state index contributed by atoms with van der Waals surface area (Å²) in [4.78, 5) is 2.34. The summed E-state index contributed by atoms with van der Waals surface area (Å²) in [5.41, 5.74) is 1.22. The number of hydrogen-bond acceptors (Lipinski definition) is 4. The number of hydrogen-bond donors (Lipinski definition) is 2. The van der Waals surface area contributed by atoms with E-state index in [4.69, 9.17) is 4.74 Å². The monoisotopic (exact) mass is 292 g/mol. The molecule has 0 aromatic heterocycles. The number of β-amino-alcohol motifs (C(OH)–C–C–N with tert-alkyl or cyclic N) is 1. The summed E-state index contributed by atoms with van der Waals surface area (Å²) in [5, 5.41) is 13.3. The minimum absolute atomic E-state index is 0.282. The molecule has 1 aliphatic heterocycles. The summed E-state index contributed by atoms with van der Waals surface area (Å²) in [5.74, 6) is 0.926. The average molecular weight is 292 g/mol. The Hall–Kier alpha value is -1.10. The summed E-state index contributed by atoms with van der Waals surface area (Å²) in [6.45, 7) is 7.35. The number of likely N-dealkylation sites (tertiary alicyclic amines) is 1. The zero-order valence-corrected chi connectivity index (χ0v) is 13.1. The lowest BCUT2D eigenvalue weighted by Gasteiger charge is -2.19. The smallest absolute Gasteiger partial charge is 0.119 e. The highest BCUT2D eigenvalue weighted by Crippen LogP contribution is 2.12. The number of nitrogens with one attached hydrogen (secondary N) is 1. The molecular weight excluding hydrogens is 264 g/mol. The van der Waals surface area contributed by atoms with E-state index >= 15 is 0 Å². The van der Waals surface area contributed by atoms with Gasteiger partial charge in [0.1, 0.15) is 5.75 Å². The lowest BCUT2D eigenvalue weighted by Crippen LogP contribution is -2.36. The van der Waals surface area contributed by atoms with Crippen LogP contribution in [0.3, 0.4) is 0 Å². The molecule has 1 heterocycles. The molecule has 0 amide bonds. The van der Waals surface area contributed by atoms with Crippen molar-refractivity contribution in [3.63, 3.8) is 0 Å². The van der Waals surface area contributed by atoms with E-state index in [0.29, 0.717) is 6.54 Å². The Bertz CT molecular complexity index is 388. The molecule has 1 aromatic carbocycles. The van der Waals surface area contributed by atoms with E-state index in [-0.39, 0.29) is 6.10 Å². The maximum Gasteiger partial charge on any atom is 0.119 e. The fraction of sp³-hybridized carbons (Fsp3) is 0.647. The van der Waals surface area contributed by atoms with Crippen LogP contribution in [0.25, 0.3) is 0 Å². The molecule has 0 aliphatic carbocycles. The summed E-state index contributed by atoms with van der Waals surface area (Å²) >= 11 is 0. The molecule has 1 atom stereocenters. The van der Waals surface area contributed by atoms with Crippen molar-refractivity contribution in [2.24, 2.45) is 0 Å². The largest absolute Gasteiger partial charge is 0.494 e. The van der Waals surface area contributed by atoms with Crippen LogP contribution >= 0.6 is 0 Å². The standard InChI is InChI=1S/C17H28N2O2/c1-2-11-21-17-7-5-15(6-8-17)12-18-13-16(20)14-19-9-3-4-10-19/h5-8,16,18,20H,2-4,9-14H2,1H3. The van der Waals surface area contributed by atoms with Crippen LogP contribution in [0, 0.1) is 0 Å². The molecule has 2 N–H and O–H groups in total. The van der Waals surface area contributed by atoms with Crippen molar-refractivity contribution >= 4 is 0 Å². The Kier molecular flexibility index (Phi) is 7.00. The van der Waals surface area contributed by atoms with Gasteiger partial charge in [0.15, 0.2) is 0 Å². The maximum atomic E-state index is 10.0. The van der Waals surface area contributed by atoms with Crippen LogP contribution in [-0.4, -0.2) is 48.9 Å². The third kappa shape index (κ3) is 6.04. The molecule has 4 nitrogen and oxygen atoms in total. The van der Waals surface area contributed by atoms with Crippen molar-refractivity contribution in [1.29, 1.82) is 0 Å². The van der Waals surface area contributed by atoms with Gasteiger partial charge in [0, 0.05) is 19.6 Å². The van der Waals surface area contributed by atoms with E-state index in [1.165, 1.54) is 18.4 Å². The average Bonchev–Trinajstić information content (AvgIpc) is 2.99.